The summed E-state index contributed by atoms with van der Waals surface area (Å²) in [7, 11) is 0. The lowest BCUT2D eigenvalue weighted by molar-refractivity contribution is -0.141. The monoisotopic (exact) mass is 266 g/mol. The van der Waals surface area contributed by atoms with Gasteiger partial charge in [-0.1, -0.05) is 20.3 Å². The second-order valence-electron chi connectivity index (χ2n) is 8.13. The summed E-state index contributed by atoms with van der Waals surface area (Å²) in [6, 6.07) is 0. The zero-order chi connectivity index (χ0) is 13.7. The molecule has 0 aliphatic heterocycles. The van der Waals surface area contributed by atoms with Gasteiger partial charge in [0.1, 0.15) is 0 Å². The van der Waals surface area contributed by atoms with Gasteiger partial charge in [-0.25, -0.2) is 0 Å². The Morgan fingerprint density at radius 2 is 1.79 bits per heavy atom. The molecule has 3 rings (SSSR count). The summed E-state index contributed by atoms with van der Waals surface area (Å²) in [6.07, 6.45) is 9.55. The Labute approximate surface area is 117 Å². The maximum absolute atomic E-state index is 10.1. The Morgan fingerprint density at radius 1 is 1.05 bits per heavy atom. The highest BCUT2D eigenvalue weighted by atomic mass is 16.3. The van der Waals surface area contributed by atoms with Crippen LogP contribution >= 0.6 is 0 Å². The zero-order valence-electron chi connectivity index (χ0n) is 12.6. The van der Waals surface area contributed by atoms with Crippen molar-refractivity contribution in [3.8, 4) is 0 Å². The van der Waals surface area contributed by atoms with Crippen molar-refractivity contribution >= 4 is 0 Å². The molecule has 0 aromatic heterocycles. The first-order valence-electron chi connectivity index (χ1n) is 8.28. The van der Waals surface area contributed by atoms with E-state index in [9.17, 15) is 10.2 Å². The summed E-state index contributed by atoms with van der Waals surface area (Å²) >= 11 is 0. The van der Waals surface area contributed by atoms with Crippen molar-refractivity contribution in [2.75, 3.05) is 6.61 Å². The lowest BCUT2D eigenvalue weighted by Crippen LogP contribution is -2.55. The fourth-order valence-electron chi connectivity index (χ4n) is 6.07. The number of aliphatic hydroxyl groups excluding tert-OH is 2. The van der Waals surface area contributed by atoms with Gasteiger partial charge in [-0.3, -0.25) is 0 Å². The molecule has 0 bridgehead atoms. The van der Waals surface area contributed by atoms with Crippen LogP contribution in [-0.4, -0.2) is 22.9 Å². The van der Waals surface area contributed by atoms with Crippen LogP contribution in [0.4, 0.5) is 0 Å². The summed E-state index contributed by atoms with van der Waals surface area (Å²) in [6.45, 7) is 5.11. The second-order valence-corrected chi connectivity index (χ2v) is 8.13. The van der Waals surface area contributed by atoms with Gasteiger partial charge in [0.15, 0.2) is 0 Å². The molecule has 0 saturated heterocycles. The molecule has 19 heavy (non-hydrogen) atoms. The van der Waals surface area contributed by atoms with Gasteiger partial charge in [0.25, 0.3) is 0 Å². The standard InChI is InChI=1S/C17H30O2/c1-16(11-18)8-3-9-17(2)14-10-13(19)6-4-12(14)5-7-15(16)17/h12-15,18-19H,3-11H2,1-2H3. The highest BCUT2D eigenvalue weighted by Gasteiger charge is 2.56. The molecule has 110 valence electrons. The van der Waals surface area contributed by atoms with E-state index in [1.54, 1.807) is 0 Å². The molecule has 2 nitrogen and oxygen atoms in total. The van der Waals surface area contributed by atoms with Crippen LogP contribution in [0.15, 0.2) is 0 Å². The summed E-state index contributed by atoms with van der Waals surface area (Å²) in [5, 5.41) is 20.0. The van der Waals surface area contributed by atoms with Crippen molar-refractivity contribution in [1.29, 1.82) is 0 Å². The summed E-state index contributed by atoms with van der Waals surface area (Å²) < 4.78 is 0. The van der Waals surface area contributed by atoms with Gasteiger partial charge in [-0.2, -0.15) is 0 Å². The fraction of sp³-hybridized carbons (Fsp3) is 1.00. The maximum atomic E-state index is 10.1. The van der Waals surface area contributed by atoms with Crippen molar-refractivity contribution in [2.24, 2.45) is 28.6 Å². The van der Waals surface area contributed by atoms with Crippen molar-refractivity contribution in [1.82, 2.24) is 0 Å². The first-order chi connectivity index (χ1) is 8.99. The Balaban J connectivity index is 1.90. The topological polar surface area (TPSA) is 40.5 Å². The summed E-state index contributed by atoms with van der Waals surface area (Å²) in [5.41, 5.74) is 0.487. The highest BCUT2D eigenvalue weighted by molar-refractivity contribution is 5.05. The molecule has 0 aromatic carbocycles. The van der Waals surface area contributed by atoms with Crippen molar-refractivity contribution in [3.63, 3.8) is 0 Å². The minimum Gasteiger partial charge on any atom is -0.396 e. The third kappa shape index (κ3) is 2.06. The van der Waals surface area contributed by atoms with E-state index in [0.717, 1.165) is 18.8 Å². The lowest BCUT2D eigenvalue weighted by Gasteiger charge is -2.61. The average Bonchev–Trinajstić information content (AvgIpc) is 2.39. The molecule has 2 N–H and O–H groups in total. The van der Waals surface area contributed by atoms with E-state index in [2.05, 4.69) is 13.8 Å². The molecule has 0 radical (unpaired) electrons. The second kappa shape index (κ2) is 4.73. The molecular weight excluding hydrogens is 236 g/mol. The smallest absolute Gasteiger partial charge is 0.0543 e. The third-order valence-electron chi connectivity index (χ3n) is 7.10. The molecule has 2 heteroatoms. The number of hydrogen-bond acceptors (Lipinski definition) is 2. The molecular formula is C17H30O2. The molecule has 6 unspecified atom stereocenters. The molecule has 0 heterocycles. The molecule has 0 aromatic rings. The van der Waals surface area contributed by atoms with Gasteiger partial charge < -0.3 is 10.2 Å². The van der Waals surface area contributed by atoms with Crippen molar-refractivity contribution < 1.29 is 10.2 Å². The van der Waals surface area contributed by atoms with E-state index < -0.39 is 0 Å². The molecule has 3 aliphatic carbocycles. The van der Waals surface area contributed by atoms with E-state index >= 15 is 0 Å². The Morgan fingerprint density at radius 3 is 2.53 bits per heavy atom. The molecule has 0 amide bonds. The lowest BCUT2D eigenvalue weighted by atomic mass is 9.44. The van der Waals surface area contributed by atoms with E-state index in [1.165, 1.54) is 38.5 Å². The zero-order valence-corrected chi connectivity index (χ0v) is 12.6. The SMILES string of the molecule is CC1(CO)CCCC2(C)C3CC(O)CCC3CCC12. The largest absolute Gasteiger partial charge is 0.396 e. The fourth-order valence-corrected chi connectivity index (χ4v) is 6.07. The Hall–Kier alpha value is -0.0800. The van der Waals surface area contributed by atoms with Crippen LogP contribution in [0.2, 0.25) is 0 Å². The van der Waals surface area contributed by atoms with Crippen LogP contribution in [0.3, 0.4) is 0 Å². The van der Waals surface area contributed by atoms with E-state index in [-0.39, 0.29) is 11.5 Å². The Kier molecular flexibility index (Phi) is 3.46. The third-order valence-corrected chi connectivity index (χ3v) is 7.10. The number of rotatable bonds is 1. The minimum atomic E-state index is -0.0702. The molecule has 0 spiro atoms. The van der Waals surface area contributed by atoms with E-state index in [1.807, 2.05) is 0 Å². The molecule has 3 saturated carbocycles. The molecule has 6 atom stereocenters. The van der Waals surface area contributed by atoms with Gasteiger partial charge in [0, 0.05) is 6.61 Å². The van der Waals surface area contributed by atoms with E-state index in [0.29, 0.717) is 23.9 Å². The summed E-state index contributed by atoms with van der Waals surface area (Å²) in [4.78, 5) is 0. The number of fused-ring (bicyclic) bond motifs is 3. The van der Waals surface area contributed by atoms with Gasteiger partial charge in [-0.05, 0) is 73.5 Å². The minimum absolute atomic E-state index is 0.0702. The summed E-state index contributed by atoms with van der Waals surface area (Å²) in [5.74, 6) is 2.19. The van der Waals surface area contributed by atoms with Crippen LogP contribution in [-0.2, 0) is 0 Å². The maximum Gasteiger partial charge on any atom is 0.0543 e. The highest BCUT2D eigenvalue weighted by Crippen LogP contribution is 2.63. The van der Waals surface area contributed by atoms with Gasteiger partial charge >= 0.3 is 0 Å². The normalized spacial score (nSPS) is 54.3. The Bertz CT molecular complexity index is 342. The quantitative estimate of drug-likeness (QED) is 0.764. The van der Waals surface area contributed by atoms with Crippen molar-refractivity contribution in [3.05, 3.63) is 0 Å². The predicted octanol–water partition coefficient (Wildman–Crippen LogP) is 3.36. The first kappa shape index (κ1) is 13.9. The number of aliphatic hydroxyl groups is 2. The van der Waals surface area contributed by atoms with Gasteiger partial charge in [0.2, 0.25) is 0 Å². The van der Waals surface area contributed by atoms with Crippen LogP contribution in [0.5, 0.6) is 0 Å². The predicted molar refractivity (Wildman–Crippen MR) is 76.7 cm³/mol. The molecule has 3 fully saturated rings. The first-order valence-corrected chi connectivity index (χ1v) is 8.28. The van der Waals surface area contributed by atoms with Gasteiger partial charge in [-0.15, -0.1) is 0 Å². The van der Waals surface area contributed by atoms with Gasteiger partial charge in [0.05, 0.1) is 6.10 Å². The van der Waals surface area contributed by atoms with Crippen LogP contribution in [0.1, 0.15) is 65.2 Å². The van der Waals surface area contributed by atoms with Crippen LogP contribution in [0, 0.1) is 28.6 Å². The number of hydrogen-bond donors (Lipinski definition) is 2. The van der Waals surface area contributed by atoms with Crippen LogP contribution < -0.4 is 0 Å². The van der Waals surface area contributed by atoms with Crippen LogP contribution in [0.25, 0.3) is 0 Å². The average molecular weight is 266 g/mol. The van der Waals surface area contributed by atoms with Crippen molar-refractivity contribution in [2.45, 2.75) is 71.3 Å². The molecule has 3 aliphatic rings. The van der Waals surface area contributed by atoms with E-state index in [4.69, 9.17) is 0 Å².